The minimum atomic E-state index is -0.147. The highest BCUT2D eigenvalue weighted by Gasteiger charge is 2.02. The van der Waals surface area contributed by atoms with Gasteiger partial charge in [-0.1, -0.05) is 48.2 Å². The Kier molecular flexibility index (Phi) is 4.60. The summed E-state index contributed by atoms with van der Waals surface area (Å²) < 4.78 is 5.82. The van der Waals surface area contributed by atoms with Crippen molar-refractivity contribution in [1.29, 1.82) is 0 Å². The molecule has 0 radical (unpaired) electrons. The van der Waals surface area contributed by atoms with E-state index in [1.54, 1.807) is 0 Å². The molecule has 0 spiro atoms. The Morgan fingerprint density at radius 2 is 1.79 bits per heavy atom. The molecule has 0 atom stereocenters. The Hall–Kier alpha value is -2.24. The van der Waals surface area contributed by atoms with E-state index in [0.717, 1.165) is 16.9 Å². The molecule has 2 aromatic carbocycles. The summed E-state index contributed by atoms with van der Waals surface area (Å²) in [5.74, 6) is 6.27. The summed E-state index contributed by atoms with van der Waals surface area (Å²) in [6, 6.07) is 15.7. The molecule has 0 aromatic heterocycles. The molecular formula is C17H16O2. The van der Waals surface area contributed by atoms with Crippen LogP contribution in [0, 0.1) is 18.8 Å². The van der Waals surface area contributed by atoms with Crippen LogP contribution in [0.1, 0.15) is 16.7 Å². The van der Waals surface area contributed by atoms with E-state index in [4.69, 9.17) is 9.84 Å². The number of aryl methyl sites for hydroxylation is 1. The number of aliphatic hydroxyl groups excluding tert-OH is 1. The van der Waals surface area contributed by atoms with Gasteiger partial charge in [0.05, 0.1) is 5.56 Å². The van der Waals surface area contributed by atoms with Crippen molar-refractivity contribution in [3.05, 3.63) is 65.2 Å². The van der Waals surface area contributed by atoms with Crippen molar-refractivity contribution in [2.75, 3.05) is 6.61 Å². The Morgan fingerprint density at radius 1 is 1.05 bits per heavy atom. The second-order valence-electron chi connectivity index (χ2n) is 4.17. The number of para-hydroxylation sites is 1. The summed E-state index contributed by atoms with van der Waals surface area (Å²) in [5.41, 5.74) is 3.17. The van der Waals surface area contributed by atoms with Crippen LogP contribution in [0.3, 0.4) is 0 Å². The van der Waals surface area contributed by atoms with Crippen molar-refractivity contribution < 1.29 is 9.84 Å². The highest BCUT2D eigenvalue weighted by Crippen LogP contribution is 2.19. The van der Waals surface area contributed by atoms with E-state index in [0.29, 0.717) is 6.61 Å². The van der Waals surface area contributed by atoms with Gasteiger partial charge in [0.15, 0.2) is 0 Å². The number of aliphatic hydroxyl groups is 1. The lowest BCUT2D eigenvalue weighted by molar-refractivity contribution is 0.304. The van der Waals surface area contributed by atoms with Crippen LogP contribution in [0.15, 0.2) is 48.5 Å². The Balaban J connectivity index is 2.14. The minimum absolute atomic E-state index is 0.147. The van der Waals surface area contributed by atoms with Gasteiger partial charge in [0.25, 0.3) is 0 Å². The number of ether oxygens (including phenoxy) is 1. The van der Waals surface area contributed by atoms with Crippen LogP contribution in [-0.4, -0.2) is 11.7 Å². The number of rotatable bonds is 3. The van der Waals surface area contributed by atoms with Crippen LogP contribution in [0.25, 0.3) is 0 Å². The molecule has 0 aliphatic rings. The molecule has 2 aromatic rings. The third-order valence-electron chi connectivity index (χ3n) is 2.83. The standard InChI is InChI=1S/C17H16O2/c1-14-7-2-3-9-16(14)13-19-17-11-5-4-8-15(17)10-6-12-18/h2-5,7-9,11,18H,12-13H2,1H3. The van der Waals surface area contributed by atoms with Gasteiger partial charge in [-0.15, -0.1) is 0 Å². The monoisotopic (exact) mass is 252 g/mol. The molecule has 0 heterocycles. The van der Waals surface area contributed by atoms with Crippen LogP contribution >= 0.6 is 0 Å². The van der Waals surface area contributed by atoms with Gasteiger partial charge in [0, 0.05) is 0 Å². The Morgan fingerprint density at radius 3 is 2.58 bits per heavy atom. The number of hydrogen-bond acceptors (Lipinski definition) is 2. The summed E-state index contributed by atoms with van der Waals surface area (Å²) in [5, 5.41) is 8.75. The normalized spacial score (nSPS) is 9.58. The van der Waals surface area contributed by atoms with Gasteiger partial charge in [0.1, 0.15) is 19.0 Å². The van der Waals surface area contributed by atoms with Crippen LogP contribution in [0.2, 0.25) is 0 Å². The lowest BCUT2D eigenvalue weighted by Crippen LogP contribution is -1.99. The number of hydrogen-bond donors (Lipinski definition) is 1. The predicted octanol–water partition coefficient (Wildman–Crippen LogP) is 2.92. The number of benzene rings is 2. The van der Waals surface area contributed by atoms with Gasteiger partial charge in [-0.25, -0.2) is 0 Å². The molecule has 19 heavy (non-hydrogen) atoms. The van der Waals surface area contributed by atoms with Crippen LogP contribution in [0.5, 0.6) is 5.75 Å². The van der Waals surface area contributed by atoms with Crippen LogP contribution in [-0.2, 0) is 6.61 Å². The van der Waals surface area contributed by atoms with Crippen LogP contribution < -0.4 is 4.74 Å². The maximum absolute atomic E-state index is 8.75. The lowest BCUT2D eigenvalue weighted by Gasteiger charge is -2.10. The summed E-state index contributed by atoms with van der Waals surface area (Å²) >= 11 is 0. The van der Waals surface area contributed by atoms with E-state index < -0.39 is 0 Å². The molecular weight excluding hydrogens is 236 g/mol. The predicted molar refractivity (Wildman–Crippen MR) is 75.9 cm³/mol. The quantitative estimate of drug-likeness (QED) is 0.851. The zero-order valence-corrected chi connectivity index (χ0v) is 10.9. The van der Waals surface area contributed by atoms with E-state index in [1.807, 2.05) is 36.4 Å². The van der Waals surface area contributed by atoms with E-state index >= 15 is 0 Å². The first-order valence-electron chi connectivity index (χ1n) is 6.17. The van der Waals surface area contributed by atoms with Crippen LogP contribution in [0.4, 0.5) is 0 Å². The van der Waals surface area contributed by atoms with E-state index in [9.17, 15) is 0 Å². The topological polar surface area (TPSA) is 29.5 Å². The minimum Gasteiger partial charge on any atom is -0.488 e. The summed E-state index contributed by atoms with van der Waals surface area (Å²) in [6.45, 7) is 2.44. The van der Waals surface area contributed by atoms with Crippen molar-refractivity contribution in [3.8, 4) is 17.6 Å². The molecule has 2 nitrogen and oxygen atoms in total. The third kappa shape index (κ3) is 3.61. The molecule has 1 N–H and O–H groups in total. The first-order valence-corrected chi connectivity index (χ1v) is 6.17. The summed E-state index contributed by atoms with van der Waals surface area (Å²) in [6.07, 6.45) is 0. The largest absolute Gasteiger partial charge is 0.488 e. The molecule has 0 aliphatic carbocycles. The van der Waals surface area contributed by atoms with E-state index in [2.05, 4.69) is 30.9 Å². The molecule has 0 aliphatic heterocycles. The second-order valence-corrected chi connectivity index (χ2v) is 4.17. The molecule has 96 valence electrons. The second kappa shape index (κ2) is 6.63. The summed E-state index contributed by atoms with van der Waals surface area (Å²) in [4.78, 5) is 0. The fourth-order valence-electron chi connectivity index (χ4n) is 1.76. The highest BCUT2D eigenvalue weighted by molar-refractivity contribution is 5.46. The molecule has 0 fully saturated rings. The smallest absolute Gasteiger partial charge is 0.135 e. The van der Waals surface area contributed by atoms with E-state index in [1.165, 1.54) is 5.56 Å². The van der Waals surface area contributed by atoms with Crippen molar-refractivity contribution in [3.63, 3.8) is 0 Å². The van der Waals surface area contributed by atoms with Crippen molar-refractivity contribution in [1.82, 2.24) is 0 Å². The average Bonchev–Trinajstić information content (AvgIpc) is 2.45. The van der Waals surface area contributed by atoms with Gasteiger partial charge in [-0.05, 0) is 30.2 Å². The maximum atomic E-state index is 8.75. The molecule has 2 heteroatoms. The van der Waals surface area contributed by atoms with Gasteiger partial charge >= 0.3 is 0 Å². The lowest BCUT2D eigenvalue weighted by atomic mass is 10.1. The molecule has 2 rings (SSSR count). The maximum Gasteiger partial charge on any atom is 0.135 e. The van der Waals surface area contributed by atoms with E-state index in [-0.39, 0.29) is 6.61 Å². The molecule has 0 bridgehead atoms. The fraction of sp³-hybridized carbons (Fsp3) is 0.176. The zero-order chi connectivity index (χ0) is 13.5. The van der Waals surface area contributed by atoms with Gasteiger partial charge < -0.3 is 9.84 Å². The Labute approximate surface area is 113 Å². The van der Waals surface area contributed by atoms with Crippen molar-refractivity contribution in [2.24, 2.45) is 0 Å². The molecule has 0 amide bonds. The van der Waals surface area contributed by atoms with Gasteiger partial charge in [-0.2, -0.15) is 0 Å². The zero-order valence-electron chi connectivity index (χ0n) is 10.9. The Bertz CT molecular complexity index is 606. The molecule has 0 saturated heterocycles. The first-order chi connectivity index (χ1) is 9.31. The van der Waals surface area contributed by atoms with Crippen molar-refractivity contribution in [2.45, 2.75) is 13.5 Å². The fourth-order valence-corrected chi connectivity index (χ4v) is 1.76. The van der Waals surface area contributed by atoms with Gasteiger partial charge in [-0.3, -0.25) is 0 Å². The molecule has 0 unspecified atom stereocenters. The molecule has 0 saturated carbocycles. The highest BCUT2D eigenvalue weighted by atomic mass is 16.5. The average molecular weight is 252 g/mol. The third-order valence-corrected chi connectivity index (χ3v) is 2.83. The SMILES string of the molecule is Cc1ccccc1COc1ccccc1C#CCO. The van der Waals surface area contributed by atoms with Crippen molar-refractivity contribution >= 4 is 0 Å². The first kappa shape index (κ1) is 13.2. The summed E-state index contributed by atoms with van der Waals surface area (Å²) in [7, 11) is 0. The van der Waals surface area contributed by atoms with Gasteiger partial charge in [0.2, 0.25) is 0 Å².